The standard InChI is InChI=1S/C17H21ClN4OS/c1-4-9-22(3)15-10-14(18)20-17(21-15)24-11-16(23)19-13-7-5-12(2)6-8-13/h5-8,10H,4,9,11H2,1-3H3,(H,19,23). The molecular weight excluding hydrogens is 344 g/mol. The van der Waals surface area contributed by atoms with Crippen LogP contribution in [0.15, 0.2) is 35.5 Å². The van der Waals surface area contributed by atoms with Gasteiger partial charge in [0, 0.05) is 25.3 Å². The van der Waals surface area contributed by atoms with E-state index in [0.717, 1.165) is 30.0 Å². The monoisotopic (exact) mass is 364 g/mol. The summed E-state index contributed by atoms with van der Waals surface area (Å²) in [5.74, 6) is 0.889. The Balaban J connectivity index is 1.95. The van der Waals surface area contributed by atoms with Crippen molar-refractivity contribution in [3.63, 3.8) is 0 Å². The molecule has 0 aliphatic carbocycles. The van der Waals surface area contributed by atoms with Gasteiger partial charge in [0.25, 0.3) is 0 Å². The lowest BCUT2D eigenvalue weighted by Gasteiger charge is -2.17. The summed E-state index contributed by atoms with van der Waals surface area (Å²) in [6.07, 6.45) is 1.01. The molecule has 0 saturated carbocycles. The summed E-state index contributed by atoms with van der Waals surface area (Å²) in [6.45, 7) is 4.99. The van der Waals surface area contributed by atoms with Crippen molar-refractivity contribution >= 4 is 40.8 Å². The number of aromatic nitrogens is 2. The van der Waals surface area contributed by atoms with Gasteiger partial charge in [-0.3, -0.25) is 4.79 Å². The van der Waals surface area contributed by atoms with Crippen molar-refractivity contribution in [2.24, 2.45) is 0 Å². The van der Waals surface area contributed by atoms with E-state index in [2.05, 4.69) is 22.2 Å². The Kier molecular flexibility index (Phi) is 6.87. The summed E-state index contributed by atoms with van der Waals surface area (Å²) in [7, 11) is 1.96. The van der Waals surface area contributed by atoms with E-state index in [1.807, 2.05) is 43.1 Å². The van der Waals surface area contributed by atoms with Crippen LogP contribution in [0, 0.1) is 6.92 Å². The van der Waals surface area contributed by atoms with Gasteiger partial charge in [0.2, 0.25) is 5.91 Å². The van der Waals surface area contributed by atoms with Crippen molar-refractivity contribution in [3.05, 3.63) is 41.0 Å². The minimum Gasteiger partial charge on any atom is -0.360 e. The number of hydrogen-bond acceptors (Lipinski definition) is 5. The van der Waals surface area contributed by atoms with E-state index in [1.54, 1.807) is 6.07 Å². The molecule has 1 aromatic carbocycles. The van der Waals surface area contributed by atoms with Crippen LogP contribution in [-0.2, 0) is 4.79 Å². The maximum absolute atomic E-state index is 12.0. The van der Waals surface area contributed by atoms with E-state index in [4.69, 9.17) is 11.6 Å². The number of nitrogens with zero attached hydrogens (tertiary/aromatic N) is 3. The van der Waals surface area contributed by atoms with E-state index in [9.17, 15) is 4.79 Å². The van der Waals surface area contributed by atoms with Crippen LogP contribution in [0.5, 0.6) is 0 Å². The summed E-state index contributed by atoms with van der Waals surface area (Å²) >= 11 is 7.33. The number of amides is 1. The van der Waals surface area contributed by atoms with Crippen molar-refractivity contribution < 1.29 is 4.79 Å². The minimum absolute atomic E-state index is 0.101. The lowest BCUT2D eigenvalue weighted by molar-refractivity contribution is -0.113. The van der Waals surface area contributed by atoms with Gasteiger partial charge in [0.05, 0.1) is 5.75 Å². The Morgan fingerprint density at radius 3 is 2.67 bits per heavy atom. The maximum Gasteiger partial charge on any atom is 0.234 e. The van der Waals surface area contributed by atoms with E-state index in [1.165, 1.54) is 11.8 Å². The van der Waals surface area contributed by atoms with Gasteiger partial charge in [0.1, 0.15) is 11.0 Å². The molecule has 2 aromatic rings. The molecule has 0 aliphatic rings. The smallest absolute Gasteiger partial charge is 0.234 e. The summed E-state index contributed by atoms with van der Waals surface area (Å²) < 4.78 is 0. The van der Waals surface area contributed by atoms with Crippen molar-refractivity contribution in [2.45, 2.75) is 25.4 Å². The number of halogens is 1. The van der Waals surface area contributed by atoms with Gasteiger partial charge in [-0.1, -0.05) is 48.0 Å². The molecule has 0 fully saturated rings. The first kappa shape index (κ1) is 18.5. The van der Waals surface area contributed by atoms with Crippen LogP contribution in [0.2, 0.25) is 5.15 Å². The van der Waals surface area contributed by atoms with Crippen LogP contribution in [0.3, 0.4) is 0 Å². The largest absolute Gasteiger partial charge is 0.360 e. The van der Waals surface area contributed by atoms with Crippen LogP contribution in [0.1, 0.15) is 18.9 Å². The predicted molar refractivity (Wildman–Crippen MR) is 101 cm³/mol. The van der Waals surface area contributed by atoms with Crippen molar-refractivity contribution in [3.8, 4) is 0 Å². The van der Waals surface area contributed by atoms with E-state index in [0.29, 0.717) is 10.3 Å². The Morgan fingerprint density at radius 1 is 1.29 bits per heavy atom. The van der Waals surface area contributed by atoms with Gasteiger partial charge in [-0.2, -0.15) is 0 Å². The second-order valence-corrected chi connectivity index (χ2v) is 6.79. The highest BCUT2D eigenvalue weighted by Gasteiger charge is 2.10. The number of anilines is 2. The number of carbonyl (C=O) groups is 1. The molecule has 1 amide bonds. The Morgan fingerprint density at radius 2 is 2.00 bits per heavy atom. The topological polar surface area (TPSA) is 58.1 Å². The number of carbonyl (C=O) groups excluding carboxylic acids is 1. The second kappa shape index (κ2) is 8.89. The SMILES string of the molecule is CCCN(C)c1cc(Cl)nc(SCC(=O)Nc2ccc(C)cc2)n1. The molecule has 0 saturated heterocycles. The first-order chi connectivity index (χ1) is 11.5. The fraction of sp³-hybridized carbons (Fsp3) is 0.353. The first-order valence-corrected chi connectivity index (χ1v) is 9.09. The summed E-state index contributed by atoms with van der Waals surface area (Å²) in [4.78, 5) is 22.7. The zero-order valence-electron chi connectivity index (χ0n) is 14.0. The van der Waals surface area contributed by atoms with Gasteiger partial charge in [0.15, 0.2) is 5.16 Å². The number of rotatable bonds is 7. The third-order valence-electron chi connectivity index (χ3n) is 3.28. The molecule has 0 unspecified atom stereocenters. The predicted octanol–water partition coefficient (Wildman–Crippen LogP) is 4.02. The summed E-state index contributed by atoms with van der Waals surface area (Å²) in [5.41, 5.74) is 1.93. The third-order valence-corrected chi connectivity index (χ3v) is 4.32. The highest BCUT2D eigenvalue weighted by Crippen LogP contribution is 2.21. The van der Waals surface area contributed by atoms with Gasteiger partial charge >= 0.3 is 0 Å². The number of thioether (sulfide) groups is 1. The molecule has 0 spiro atoms. The highest BCUT2D eigenvalue weighted by molar-refractivity contribution is 7.99. The quantitative estimate of drug-likeness (QED) is 0.457. The lowest BCUT2D eigenvalue weighted by atomic mass is 10.2. The van der Waals surface area contributed by atoms with Crippen LogP contribution in [0.25, 0.3) is 0 Å². The Bertz CT molecular complexity index is 693. The van der Waals surface area contributed by atoms with Gasteiger partial charge in [-0.25, -0.2) is 9.97 Å². The average molecular weight is 365 g/mol. The molecule has 0 bridgehead atoms. The van der Waals surface area contributed by atoms with Crippen molar-refractivity contribution in [1.29, 1.82) is 0 Å². The summed E-state index contributed by atoms with van der Waals surface area (Å²) in [5, 5.41) is 3.73. The van der Waals surface area contributed by atoms with Crippen molar-refractivity contribution in [2.75, 3.05) is 29.6 Å². The maximum atomic E-state index is 12.0. The second-order valence-electron chi connectivity index (χ2n) is 5.46. The fourth-order valence-electron chi connectivity index (χ4n) is 2.06. The highest BCUT2D eigenvalue weighted by atomic mass is 35.5. The fourth-order valence-corrected chi connectivity index (χ4v) is 2.94. The van der Waals surface area contributed by atoms with Crippen LogP contribution in [0.4, 0.5) is 11.5 Å². The van der Waals surface area contributed by atoms with E-state index >= 15 is 0 Å². The molecule has 5 nitrogen and oxygen atoms in total. The molecule has 24 heavy (non-hydrogen) atoms. The summed E-state index contributed by atoms with van der Waals surface area (Å²) in [6, 6.07) is 9.40. The van der Waals surface area contributed by atoms with Gasteiger partial charge in [-0.15, -0.1) is 0 Å². The van der Waals surface area contributed by atoms with Crippen molar-refractivity contribution in [1.82, 2.24) is 9.97 Å². The average Bonchev–Trinajstić information content (AvgIpc) is 2.55. The van der Waals surface area contributed by atoms with Gasteiger partial charge in [-0.05, 0) is 25.5 Å². The number of aryl methyl sites for hydroxylation is 1. The Labute approximate surface area is 151 Å². The first-order valence-electron chi connectivity index (χ1n) is 7.73. The molecule has 0 atom stereocenters. The van der Waals surface area contributed by atoms with Crippen LogP contribution >= 0.6 is 23.4 Å². The number of benzene rings is 1. The molecule has 128 valence electrons. The molecule has 0 radical (unpaired) electrons. The van der Waals surface area contributed by atoms with E-state index < -0.39 is 0 Å². The lowest BCUT2D eigenvalue weighted by Crippen LogP contribution is -2.19. The number of hydrogen-bond donors (Lipinski definition) is 1. The minimum atomic E-state index is -0.101. The van der Waals surface area contributed by atoms with Crippen LogP contribution in [-0.4, -0.2) is 35.2 Å². The molecule has 1 heterocycles. The molecule has 2 rings (SSSR count). The zero-order valence-corrected chi connectivity index (χ0v) is 15.6. The van der Waals surface area contributed by atoms with Crippen LogP contribution < -0.4 is 10.2 Å². The molecular formula is C17H21ClN4OS. The molecule has 1 N–H and O–H groups in total. The molecule has 1 aromatic heterocycles. The van der Waals surface area contributed by atoms with Gasteiger partial charge < -0.3 is 10.2 Å². The number of nitrogens with one attached hydrogen (secondary N) is 1. The zero-order chi connectivity index (χ0) is 17.5. The third kappa shape index (κ3) is 5.69. The molecule has 0 aliphatic heterocycles. The van der Waals surface area contributed by atoms with E-state index in [-0.39, 0.29) is 11.7 Å². The normalized spacial score (nSPS) is 10.5. The Hall–Kier alpha value is -1.79. The molecule has 7 heteroatoms.